The number of Topliss-reactive ketones (excluding diaryl/α,β-unsaturated/α-hetero) is 1. The van der Waals surface area contributed by atoms with Gasteiger partial charge in [-0.15, -0.1) is 0 Å². The number of rotatable bonds is 13. The molecule has 0 saturated carbocycles. The van der Waals surface area contributed by atoms with Crippen LogP contribution in [0.15, 0.2) is 30.3 Å². The molecule has 0 heterocycles. The molecule has 3 nitrogen and oxygen atoms in total. The first kappa shape index (κ1) is 23.7. The lowest BCUT2D eigenvalue weighted by Gasteiger charge is -2.26. The fourth-order valence-electron chi connectivity index (χ4n) is 3.39. The second-order valence-corrected chi connectivity index (χ2v) is 8.75. The molecular formula is C23H37NO2S. The molecule has 0 radical (unpaired) electrons. The van der Waals surface area contributed by atoms with Crippen molar-refractivity contribution in [1.29, 1.82) is 0 Å². The summed E-state index contributed by atoms with van der Waals surface area (Å²) in [5, 5.41) is 3.05. The van der Waals surface area contributed by atoms with E-state index in [2.05, 4.69) is 37.6 Å². The van der Waals surface area contributed by atoms with Gasteiger partial charge in [-0.2, -0.15) is 11.8 Å². The van der Waals surface area contributed by atoms with Crippen LogP contribution >= 0.6 is 11.8 Å². The Morgan fingerprint density at radius 3 is 2.37 bits per heavy atom. The Bertz CT molecular complexity index is 561. The normalized spacial score (nSPS) is 15.6. The van der Waals surface area contributed by atoms with Crippen LogP contribution in [0.2, 0.25) is 0 Å². The molecule has 4 heteroatoms. The van der Waals surface area contributed by atoms with Crippen molar-refractivity contribution in [2.24, 2.45) is 23.7 Å². The molecule has 0 aromatic heterocycles. The number of nitrogens with one attached hydrogen (secondary N) is 1. The number of thioether (sulfide) groups is 1. The lowest BCUT2D eigenvalue weighted by Crippen LogP contribution is -2.35. The quantitative estimate of drug-likeness (QED) is 0.515. The summed E-state index contributed by atoms with van der Waals surface area (Å²) in [5.41, 5.74) is 1.17. The van der Waals surface area contributed by atoms with E-state index in [0.29, 0.717) is 12.3 Å². The van der Waals surface area contributed by atoms with Gasteiger partial charge in [0.05, 0.1) is 0 Å². The zero-order valence-electron chi connectivity index (χ0n) is 17.7. The van der Waals surface area contributed by atoms with Crippen LogP contribution in [0.4, 0.5) is 0 Å². The van der Waals surface area contributed by atoms with Gasteiger partial charge in [0, 0.05) is 24.3 Å². The Kier molecular flexibility index (Phi) is 11.4. The fraction of sp³-hybridized carbons (Fsp3) is 0.652. The monoisotopic (exact) mass is 391 g/mol. The minimum absolute atomic E-state index is 0.0147. The third kappa shape index (κ3) is 8.50. The molecule has 4 unspecified atom stereocenters. The zero-order chi connectivity index (χ0) is 20.2. The molecule has 27 heavy (non-hydrogen) atoms. The Balaban J connectivity index is 2.77. The van der Waals surface area contributed by atoms with Gasteiger partial charge in [0.15, 0.2) is 0 Å². The van der Waals surface area contributed by atoms with Crippen molar-refractivity contribution in [3.63, 3.8) is 0 Å². The van der Waals surface area contributed by atoms with Crippen molar-refractivity contribution in [2.75, 3.05) is 18.6 Å². The highest BCUT2D eigenvalue weighted by molar-refractivity contribution is 7.98. The summed E-state index contributed by atoms with van der Waals surface area (Å²) in [7, 11) is 0. The van der Waals surface area contributed by atoms with Crippen molar-refractivity contribution in [2.45, 2.75) is 53.4 Å². The molecule has 152 valence electrons. The van der Waals surface area contributed by atoms with Gasteiger partial charge in [-0.1, -0.05) is 58.0 Å². The summed E-state index contributed by atoms with van der Waals surface area (Å²) in [6, 6.07) is 10.2. The van der Waals surface area contributed by atoms with Crippen LogP contribution in [-0.4, -0.2) is 30.2 Å². The van der Waals surface area contributed by atoms with Crippen molar-refractivity contribution >= 4 is 23.5 Å². The molecule has 0 saturated heterocycles. The maximum Gasteiger partial charge on any atom is 0.223 e. The van der Waals surface area contributed by atoms with Crippen molar-refractivity contribution < 1.29 is 9.59 Å². The van der Waals surface area contributed by atoms with E-state index >= 15 is 0 Å². The molecule has 0 aliphatic carbocycles. The average molecular weight is 392 g/mol. The molecule has 0 spiro atoms. The summed E-state index contributed by atoms with van der Waals surface area (Å²) >= 11 is 1.79. The van der Waals surface area contributed by atoms with Crippen LogP contribution in [0.1, 0.15) is 52.5 Å². The van der Waals surface area contributed by atoms with Crippen LogP contribution in [-0.2, 0) is 16.0 Å². The molecule has 1 amide bonds. The minimum atomic E-state index is -0.0919. The summed E-state index contributed by atoms with van der Waals surface area (Å²) < 4.78 is 0. The van der Waals surface area contributed by atoms with Gasteiger partial charge >= 0.3 is 0 Å². The van der Waals surface area contributed by atoms with E-state index < -0.39 is 0 Å². The Morgan fingerprint density at radius 2 is 1.78 bits per heavy atom. The predicted octanol–water partition coefficient (Wildman–Crippen LogP) is 4.99. The van der Waals surface area contributed by atoms with E-state index in [-0.39, 0.29) is 29.6 Å². The van der Waals surface area contributed by atoms with Gasteiger partial charge in [0.1, 0.15) is 5.78 Å². The van der Waals surface area contributed by atoms with Crippen LogP contribution in [0.5, 0.6) is 0 Å². The van der Waals surface area contributed by atoms with Crippen molar-refractivity contribution in [3.05, 3.63) is 35.9 Å². The summed E-state index contributed by atoms with van der Waals surface area (Å²) in [4.78, 5) is 25.5. The Labute approximate surface area is 170 Å². The van der Waals surface area contributed by atoms with E-state index in [1.807, 2.05) is 32.0 Å². The number of hydrogen-bond acceptors (Lipinski definition) is 3. The molecule has 1 aromatic carbocycles. The first-order valence-corrected chi connectivity index (χ1v) is 11.6. The van der Waals surface area contributed by atoms with Crippen LogP contribution < -0.4 is 5.32 Å². The average Bonchev–Trinajstić information content (AvgIpc) is 2.69. The molecular weight excluding hydrogens is 354 g/mol. The molecule has 0 bridgehead atoms. The largest absolute Gasteiger partial charge is 0.356 e. The summed E-state index contributed by atoms with van der Waals surface area (Å²) in [6.45, 7) is 8.96. The molecule has 0 fully saturated rings. The first-order chi connectivity index (χ1) is 12.9. The zero-order valence-corrected chi connectivity index (χ0v) is 18.5. The number of carbonyl (C=O) groups excluding carboxylic acids is 2. The SMILES string of the molecule is CCCNC(=O)C(Cc1ccccc1)CC(C)C(C)C(=O)C(C)CCSC. The van der Waals surface area contributed by atoms with E-state index in [1.165, 1.54) is 5.56 Å². The molecule has 1 aromatic rings. The summed E-state index contributed by atoms with van der Waals surface area (Å²) in [5.74, 6) is 1.65. The second-order valence-electron chi connectivity index (χ2n) is 7.76. The number of benzene rings is 1. The molecule has 0 aliphatic rings. The smallest absolute Gasteiger partial charge is 0.223 e. The van der Waals surface area contributed by atoms with Crippen LogP contribution in [0, 0.1) is 23.7 Å². The van der Waals surface area contributed by atoms with Gasteiger partial charge in [0.2, 0.25) is 5.91 Å². The maximum atomic E-state index is 12.8. The van der Waals surface area contributed by atoms with E-state index in [1.54, 1.807) is 11.8 Å². The second kappa shape index (κ2) is 13.0. The number of carbonyl (C=O) groups is 2. The highest BCUT2D eigenvalue weighted by Crippen LogP contribution is 2.27. The first-order valence-electron chi connectivity index (χ1n) is 10.2. The van der Waals surface area contributed by atoms with Crippen molar-refractivity contribution in [3.8, 4) is 0 Å². The standard InChI is InChI=1S/C23H37NO2S/c1-6-13-24-23(26)21(16-20-10-8-7-9-11-20)15-18(3)19(4)22(25)17(2)12-14-27-5/h7-11,17-19,21H,6,12-16H2,1-5H3,(H,24,26). The van der Waals surface area contributed by atoms with E-state index in [0.717, 1.165) is 31.4 Å². The lowest BCUT2D eigenvalue weighted by atomic mass is 9.79. The fourth-order valence-corrected chi connectivity index (χ4v) is 3.98. The van der Waals surface area contributed by atoms with Gasteiger partial charge in [-0.05, 0) is 49.2 Å². The number of ketones is 1. The Hall–Kier alpha value is -1.29. The molecule has 1 N–H and O–H groups in total. The van der Waals surface area contributed by atoms with Gasteiger partial charge in [-0.3, -0.25) is 9.59 Å². The van der Waals surface area contributed by atoms with E-state index in [9.17, 15) is 9.59 Å². The van der Waals surface area contributed by atoms with Gasteiger partial charge < -0.3 is 5.32 Å². The number of amides is 1. The lowest BCUT2D eigenvalue weighted by molar-refractivity contribution is -0.129. The number of hydrogen-bond donors (Lipinski definition) is 1. The van der Waals surface area contributed by atoms with E-state index in [4.69, 9.17) is 0 Å². The third-order valence-corrected chi connectivity index (χ3v) is 6.09. The topological polar surface area (TPSA) is 46.2 Å². The summed E-state index contributed by atoms with van der Waals surface area (Å²) in [6.07, 6.45) is 5.41. The van der Waals surface area contributed by atoms with Crippen LogP contribution in [0.25, 0.3) is 0 Å². The third-order valence-electron chi connectivity index (χ3n) is 5.44. The molecule has 1 rings (SSSR count). The van der Waals surface area contributed by atoms with Crippen molar-refractivity contribution in [1.82, 2.24) is 5.32 Å². The van der Waals surface area contributed by atoms with Gasteiger partial charge in [-0.25, -0.2) is 0 Å². The molecule has 4 atom stereocenters. The predicted molar refractivity (Wildman–Crippen MR) is 117 cm³/mol. The Morgan fingerprint density at radius 1 is 1.11 bits per heavy atom. The highest BCUT2D eigenvalue weighted by atomic mass is 32.2. The minimum Gasteiger partial charge on any atom is -0.356 e. The maximum absolute atomic E-state index is 12.8. The van der Waals surface area contributed by atoms with Gasteiger partial charge in [0.25, 0.3) is 0 Å². The molecule has 0 aliphatic heterocycles. The highest BCUT2D eigenvalue weighted by Gasteiger charge is 2.29. The van der Waals surface area contributed by atoms with Crippen LogP contribution in [0.3, 0.4) is 0 Å².